The van der Waals surface area contributed by atoms with E-state index >= 15 is 0 Å². The number of likely N-dealkylation sites (N-methyl/N-ethyl adjacent to an activating group) is 1. The van der Waals surface area contributed by atoms with Gasteiger partial charge in [0.15, 0.2) is 0 Å². The highest BCUT2D eigenvalue weighted by Crippen LogP contribution is 2.22. The first-order valence-electron chi connectivity index (χ1n) is 7.98. The van der Waals surface area contributed by atoms with Gasteiger partial charge in [-0.2, -0.15) is 0 Å². The summed E-state index contributed by atoms with van der Waals surface area (Å²) >= 11 is 0. The van der Waals surface area contributed by atoms with Crippen molar-refractivity contribution in [2.75, 3.05) is 6.54 Å². The van der Waals surface area contributed by atoms with E-state index in [1.165, 1.54) is 5.57 Å². The Balaban J connectivity index is 4.83. The lowest BCUT2D eigenvalue weighted by Crippen LogP contribution is -2.35. The Hall–Kier alpha value is -1.28. The third kappa shape index (κ3) is 8.56. The third-order valence-electron chi connectivity index (χ3n) is 3.74. The van der Waals surface area contributed by atoms with Gasteiger partial charge < -0.3 is 11.1 Å². The maximum Gasteiger partial charge on any atom is 0.0296 e. The van der Waals surface area contributed by atoms with E-state index in [-0.39, 0.29) is 5.54 Å². The molecule has 0 aliphatic heterocycles. The molecule has 0 heterocycles. The van der Waals surface area contributed by atoms with Crippen LogP contribution in [0.15, 0.2) is 47.7 Å². The molecule has 1 atom stereocenters. The molecule has 1 unspecified atom stereocenters. The van der Waals surface area contributed by atoms with E-state index in [9.17, 15) is 0 Å². The van der Waals surface area contributed by atoms with Crippen molar-refractivity contribution in [2.45, 2.75) is 65.8 Å². The highest BCUT2D eigenvalue weighted by Gasteiger charge is 2.17. The summed E-state index contributed by atoms with van der Waals surface area (Å²) in [4.78, 5) is 0. The summed E-state index contributed by atoms with van der Waals surface area (Å²) in [5, 5.41) is 3.24. The van der Waals surface area contributed by atoms with Crippen LogP contribution in [0.25, 0.3) is 0 Å². The fourth-order valence-corrected chi connectivity index (χ4v) is 2.23. The molecule has 0 aromatic carbocycles. The maximum absolute atomic E-state index is 6.32. The smallest absolute Gasteiger partial charge is 0.0296 e. The van der Waals surface area contributed by atoms with Crippen molar-refractivity contribution >= 4 is 0 Å². The van der Waals surface area contributed by atoms with Gasteiger partial charge in [0.1, 0.15) is 0 Å². The maximum atomic E-state index is 6.32. The summed E-state index contributed by atoms with van der Waals surface area (Å²) in [6.07, 6.45) is 8.41. The van der Waals surface area contributed by atoms with E-state index in [0.717, 1.165) is 49.1 Å². The molecule has 0 spiro atoms. The van der Waals surface area contributed by atoms with Crippen LogP contribution >= 0.6 is 0 Å². The standard InChI is InChI=1S/C19H34N2/c1-8-13-19(7,20)14-12-18(15(3)4)11-10-16(5)17(6)21-9-2/h10-11,21H,3,6,8-9,12-14,20H2,1-2,4-5,7H3/b16-10+,18-11-. The molecule has 0 aliphatic rings. The lowest BCUT2D eigenvalue weighted by Gasteiger charge is -2.24. The molecule has 21 heavy (non-hydrogen) atoms. The van der Waals surface area contributed by atoms with E-state index in [2.05, 4.69) is 65.2 Å². The predicted octanol–water partition coefficient (Wildman–Crippen LogP) is 4.86. The van der Waals surface area contributed by atoms with Crippen LogP contribution in [-0.4, -0.2) is 12.1 Å². The molecule has 3 N–H and O–H groups in total. The monoisotopic (exact) mass is 290 g/mol. The van der Waals surface area contributed by atoms with Crippen molar-refractivity contribution in [1.82, 2.24) is 5.32 Å². The summed E-state index contributed by atoms with van der Waals surface area (Å²) in [6, 6.07) is 0. The van der Waals surface area contributed by atoms with Gasteiger partial charge in [0.05, 0.1) is 0 Å². The van der Waals surface area contributed by atoms with Crippen molar-refractivity contribution in [1.29, 1.82) is 0 Å². The van der Waals surface area contributed by atoms with Crippen molar-refractivity contribution in [2.24, 2.45) is 5.73 Å². The van der Waals surface area contributed by atoms with Crippen LogP contribution in [0.2, 0.25) is 0 Å². The van der Waals surface area contributed by atoms with Gasteiger partial charge in [-0.05, 0) is 58.1 Å². The molecule has 0 aromatic heterocycles. The number of rotatable bonds is 10. The zero-order valence-corrected chi connectivity index (χ0v) is 14.7. The summed E-state index contributed by atoms with van der Waals surface area (Å²) in [5.41, 5.74) is 10.7. The number of hydrogen-bond donors (Lipinski definition) is 2. The van der Waals surface area contributed by atoms with Crippen molar-refractivity contribution in [3.63, 3.8) is 0 Å². The Morgan fingerprint density at radius 3 is 2.24 bits per heavy atom. The van der Waals surface area contributed by atoms with E-state index in [4.69, 9.17) is 5.73 Å². The van der Waals surface area contributed by atoms with E-state index < -0.39 is 0 Å². The third-order valence-corrected chi connectivity index (χ3v) is 3.74. The van der Waals surface area contributed by atoms with Gasteiger partial charge in [-0.25, -0.2) is 0 Å². The van der Waals surface area contributed by atoms with Gasteiger partial charge in [0, 0.05) is 17.8 Å². The fraction of sp³-hybridized carbons (Fsp3) is 0.579. The Bertz CT molecular complexity index is 411. The topological polar surface area (TPSA) is 38.0 Å². The van der Waals surface area contributed by atoms with Gasteiger partial charge in [0.2, 0.25) is 0 Å². The molecule has 2 nitrogen and oxygen atoms in total. The van der Waals surface area contributed by atoms with Crippen molar-refractivity contribution in [3.05, 3.63) is 47.7 Å². The van der Waals surface area contributed by atoms with E-state index in [1.807, 2.05) is 0 Å². The Morgan fingerprint density at radius 1 is 1.14 bits per heavy atom. The van der Waals surface area contributed by atoms with Crippen LogP contribution in [0.1, 0.15) is 60.3 Å². The normalized spacial score (nSPS) is 15.5. The lowest BCUT2D eigenvalue weighted by atomic mass is 9.88. The predicted molar refractivity (Wildman–Crippen MR) is 96.2 cm³/mol. The van der Waals surface area contributed by atoms with Crippen molar-refractivity contribution < 1.29 is 0 Å². The minimum absolute atomic E-state index is 0.0879. The summed E-state index contributed by atoms with van der Waals surface area (Å²) in [6.45, 7) is 19.5. The van der Waals surface area contributed by atoms with Crippen LogP contribution in [0.5, 0.6) is 0 Å². The van der Waals surface area contributed by atoms with E-state index in [1.54, 1.807) is 0 Å². The molecule has 0 rings (SSSR count). The molecule has 0 radical (unpaired) electrons. The average Bonchev–Trinajstić information content (AvgIpc) is 2.37. The minimum Gasteiger partial charge on any atom is -0.386 e. The number of nitrogens with two attached hydrogens (primary N) is 1. The Kier molecular flexibility index (Phi) is 9.03. The molecule has 0 fully saturated rings. The first kappa shape index (κ1) is 19.7. The molecule has 0 bridgehead atoms. The molecular weight excluding hydrogens is 256 g/mol. The summed E-state index contributed by atoms with van der Waals surface area (Å²) < 4.78 is 0. The zero-order chi connectivity index (χ0) is 16.5. The van der Waals surface area contributed by atoms with Gasteiger partial charge in [-0.3, -0.25) is 0 Å². The van der Waals surface area contributed by atoms with Gasteiger partial charge >= 0.3 is 0 Å². The van der Waals surface area contributed by atoms with Gasteiger partial charge in [-0.1, -0.05) is 44.2 Å². The highest BCUT2D eigenvalue weighted by atomic mass is 14.9. The van der Waals surface area contributed by atoms with E-state index in [0.29, 0.717) is 0 Å². The largest absolute Gasteiger partial charge is 0.386 e. The number of nitrogens with one attached hydrogen (secondary N) is 1. The lowest BCUT2D eigenvalue weighted by molar-refractivity contribution is 0.397. The molecule has 2 heteroatoms. The van der Waals surface area contributed by atoms with Gasteiger partial charge in [-0.15, -0.1) is 0 Å². The fourth-order valence-electron chi connectivity index (χ4n) is 2.23. The first-order chi connectivity index (χ1) is 9.73. The molecule has 0 saturated carbocycles. The second kappa shape index (κ2) is 9.62. The summed E-state index contributed by atoms with van der Waals surface area (Å²) in [7, 11) is 0. The van der Waals surface area contributed by atoms with Crippen molar-refractivity contribution in [3.8, 4) is 0 Å². The molecule has 120 valence electrons. The van der Waals surface area contributed by atoms with Gasteiger partial charge in [0.25, 0.3) is 0 Å². The van der Waals surface area contributed by atoms with Crippen LogP contribution in [0, 0.1) is 0 Å². The van der Waals surface area contributed by atoms with Crippen LogP contribution in [0.3, 0.4) is 0 Å². The molecule has 0 aliphatic carbocycles. The minimum atomic E-state index is -0.0879. The molecule has 0 amide bonds. The SMILES string of the molecule is C=C(C)/C(=C\C=C(/C)C(=C)NCC)CCC(C)(N)CCC. The summed E-state index contributed by atoms with van der Waals surface area (Å²) in [5.74, 6) is 0. The number of hydrogen-bond acceptors (Lipinski definition) is 2. The highest BCUT2D eigenvalue weighted by molar-refractivity contribution is 5.35. The Morgan fingerprint density at radius 2 is 1.76 bits per heavy atom. The second-order valence-electron chi connectivity index (χ2n) is 6.23. The average molecular weight is 290 g/mol. The number of allylic oxidation sites excluding steroid dienone is 5. The molecule has 0 saturated heterocycles. The molecular formula is C19H34N2. The zero-order valence-electron chi connectivity index (χ0n) is 14.7. The van der Waals surface area contributed by atoms with Crippen LogP contribution < -0.4 is 11.1 Å². The first-order valence-corrected chi connectivity index (χ1v) is 7.98. The second-order valence-corrected chi connectivity index (χ2v) is 6.23. The van der Waals surface area contributed by atoms with Crippen LogP contribution in [0.4, 0.5) is 0 Å². The quantitative estimate of drug-likeness (QED) is 0.564. The molecule has 0 aromatic rings. The van der Waals surface area contributed by atoms with Crippen LogP contribution in [-0.2, 0) is 0 Å². The Labute approximate surface area is 131 Å².